The summed E-state index contributed by atoms with van der Waals surface area (Å²) in [4.78, 5) is 22.8. The molecule has 1 aromatic carbocycles. The van der Waals surface area contributed by atoms with E-state index < -0.39 is 0 Å². The Morgan fingerprint density at radius 2 is 2.19 bits per heavy atom. The summed E-state index contributed by atoms with van der Waals surface area (Å²) in [7, 11) is 0. The van der Waals surface area contributed by atoms with E-state index in [0.717, 1.165) is 54.8 Å². The molecule has 0 aliphatic carbocycles. The first-order valence-electron chi connectivity index (χ1n) is 9.20. The molecule has 3 aromatic rings. The monoisotopic (exact) mass is 348 g/mol. The second kappa shape index (κ2) is 7.30. The van der Waals surface area contributed by atoms with Crippen molar-refractivity contribution in [2.24, 2.45) is 5.92 Å². The number of piperidine rings is 1. The number of amides is 1. The molecule has 1 unspecified atom stereocenters. The lowest BCUT2D eigenvalue weighted by atomic mass is 9.96. The van der Waals surface area contributed by atoms with E-state index in [9.17, 15) is 4.79 Å². The maximum atomic E-state index is 12.9. The Labute approximate surface area is 153 Å². The summed E-state index contributed by atoms with van der Waals surface area (Å²) in [5.74, 6) is 0.141. The summed E-state index contributed by atoms with van der Waals surface area (Å²) in [6, 6.07) is 12.1. The van der Waals surface area contributed by atoms with Crippen LogP contribution >= 0.6 is 0 Å². The van der Waals surface area contributed by atoms with Crippen LogP contribution in [0.4, 0.5) is 5.69 Å². The molecule has 0 spiro atoms. The van der Waals surface area contributed by atoms with Gasteiger partial charge in [0, 0.05) is 42.1 Å². The van der Waals surface area contributed by atoms with Gasteiger partial charge in [-0.15, -0.1) is 0 Å². The van der Waals surface area contributed by atoms with Crippen molar-refractivity contribution in [1.29, 1.82) is 0 Å². The molecular weight excluding hydrogens is 324 g/mol. The number of aromatic nitrogens is 2. The summed E-state index contributed by atoms with van der Waals surface area (Å²) >= 11 is 0. The van der Waals surface area contributed by atoms with E-state index in [2.05, 4.69) is 26.3 Å². The van der Waals surface area contributed by atoms with Crippen LogP contribution < -0.4 is 5.32 Å². The van der Waals surface area contributed by atoms with Gasteiger partial charge in [0.05, 0.1) is 11.6 Å². The van der Waals surface area contributed by atoms with Crippen molar-refractivity contribution in [1.82, 2.24) is 14.9 Å². The summed E-state index contributed by atoms with van der Waals surface area (Å²) in [6.45, 7) is 4.68. The van der Waals surface area contributed by atoms with Crippen molar-refractivity contribution in [3.05, 3.63) is 60.0 Å². The molecule has 0 saturated carbocycles. The fourth-order valence-corrected chi connectivity index (χ4v) is 3.83. The number of hydrogen-bond acceptors (Lipinski definition) is 3. The molecule has 5 heteroatoms. The van der Waals surface area contributed by atoms with Gasteiger partial charge in [-0.25, -0.2) is 0 Å². The molecule has 3 heterocycles. The van der Waals surface area contributed by atoms with Crippen molar-refractivity contribution < 1.29 is 4.79 Å². The minimum absolute atomic E-state index is 0.0217. The summed E-state index contributed by atoms with van der Waals surface area (Å²) < 4.78 is 0. The highest BCUT2D eigenvalue weighted by atomic mass is 16.1. The lowest BCUT2D eigenvalue weighted by molar-refractivity contribution is -0.121. The standard InChI is InChI=1S/C21H24N4O/c1-15-20(18-8-2-3-9-19(18)23-15)24-21(26)17-7-5-11-25(14-17)13-16-6-4-10-22-12-16/h2-4,6,8-10,12,17,23H,5,7,11,13-14H2,1H3,(H,24,26). The van der Waals surface area contributed by atoms with E-state index in [1.807, 2.05) is 43.5 Å². The highest BCUT2D eigenvalue weighted by Crippen LogP contribution is 2.28. The Morgan fingerprint density at radius 1 is 1.31 bits per heavy atom. The number of aryl methyl sites for hydroxylation is 1. The third kappa shape index (κ3) is 3.48. The summed E-state index contributed by atoms with van der Waals surface area (Å²) in [6.07, 6.45) is 5.68. The predicted molar refractivity (Wildman–Crippen MR) is 104 cm³/mol. The molecule has 0 bridgehead atoms. The number of aromatic amines is 1. The van der Waals surface area contributed by atoms with Crippen molar-refractivity contribution in [2.75, 3.05) is 18.4 Å². The van der Waals surface area contributed by atoms with Crippen LogP contribution in [0.25, 0.3) is 10.9 Å². The maximum absolute atomic E-state index is 12.9. The Balaban J connectivity index is 1.45. The van der Waals surface area contributed by atoms with Crippen molar-refractivity contribution in [3.8, 4) is 0 Å². The largest absolute Gasteiger partial charge is 0.357 e. The predicted octanol–water partition coefficient (Wildman–Crippen LogP) is 3.72. The van der Waals surface area contributed by atoms with Crippen LogP contribution in [0.2, 0.25) is 0 Å². The second-order valence-corrected chi connectivity index (χ2v) is 7.10. The highest BCUT2D eigenvalue weighted by molar-refractivity contribution is 6.03. The van der Waals surface area contributed by atoms with Gasteiger partial charge in [-0.1, -0.05) is 24.3 Å². The molecule has 2 aromatic heterocycles. The first-order valence-corrected chi connectivity index (χ1v) is 9.20. The van der Waals surface area contributed by atoms with Crippen molar-refractivity contribution >= 4 is 22.5 Å². The average molecular weight is 348 g/mol. The lowest BCUT2D eigenvalue weighted by Gasteiger charge is -2.32. The third-order valence-electron chi connectivity index (χ3n) is 5.15. The molecule has 1 atom stereocenters. The van der Waals surface area contributed by atoms with Crippen LogP contribution in [0, 0.1) is 12.8 Å². The van der Waals surface area contributed by atoms with E-state index in [-0.39, 0.29) is 11.8 Å². The molecule has 2 N–H and O–H groups in total. The zero-order valence-electron chi connectivity index (χ0n) is 15.0. The quantitative estimate of drug-likeness (QED) is 0.755. The number of carbonyl (C=O) groups excluding carboxylic acids is 1. The lowest BCUT2D eigenvalue weighted by Crippen LogP contribution is -2.40. The number of likely N-dealkylation sites (tertiary alicyclic amines) is 1. The SMILES string of the molecule is Cc1[nH]c2ccccc2c1NC(=O)C1CCCN(Cc2cccnc2)C1. The number of benzene rings is 1. The fraction of sp³-hybridized carbons (Fsp3) is 0.333. The number of pyridine rings is 1. The van der Waals surface area contributed by atoms with Gasteiger partial charge in [-0.2, -0.15) is 0 Å². The molecule has 1 saturated heterocycles. The molecule has 5 nitrogen and oxygen atoms in total. The van der Waals surface area contributed by atoms with Gasteiger partial charge in [0.1, 0.15) is 0 Å². The van der Waals surface area contributed by atoms with Gasteiger partial charge in [-0.3, -0.25) is 14.7 Å². The van der Waals surface area contributed by atoms with E-state index in [4.69, 9.17) is 0 Å². The number of para-hydroxylation sites is 1. The van der Waals surface area contributed by atoms with Crippen LogP contribution in [0.15, 0.2) is 48.8 Å². The Morgan fingerprint density at radius 3 is 3.04 bits per heavy atom. The van der Waals surface area contributed by atoms with Gasteiger partial charge in [-0.05, 0) is 44.0 Å². The number of H-pyrrole nitrogens is 1. The second-order valence-electron chi connectivity index (χ2n) is 7.10. The van der Waals surface area contributed by atoms with Crippen LogP contribution in [0.5, 0.6) is 0 Å². The third-order valence-corrected chi connectivity index (χ3v) is 5.15. The van der Waals surface area contributed by atoms with E-state index >= 15 is 0 Å². The first kappa shape index (κ1) is 16.8. The number of nitrogens with zero attached hydrogens (tertiary/aromatic N) is 2. The number of anilines is 1. The molecule has 1 fully saturated rings. The van der Waals surface area contributed by atoms with Crippen LogP contribution in [0.3, 0.4) is 0 Å². The molecule has 1 aliphatic heterocycles. The van der Waals surface area contributed by atoms with E-state index in [1.165, 1.54) is 5.56 Å². The first-order chi connectivity index (χ1) is 12.7. The van der Waals surface area contributed by atoms with Gasteiger partial charge in [0.15, 0.2) is 0 Å². The average Bonchev–Trinajstić information content (AvgIpc) is 2.98. The minimum atomic E-state index is 0.0217. The van der Waals surface area contributed by atoms with Crippen molar-refractivity contribution in [3.63, 3.8) is 0 Å². The Bertz CT molecular complexity index is 903. The van der Waals surface area contributed by atoms with Gasteiger partial charge in [0.25, 0.3) is 0 Å². The molecule has 26 heavy (non-hydrogen) atoms. The molecule has 1 aliphatic rings. The van der Waals surface area contributed by atoms with Crippen LogP contribution in [-0.2, 0) is 11.3 Å². The normalized spacial score (nSPS) is 18.1. The molecule has 134 valence electrons. The van der Waals surface area contributed by atoms with Crippen LogP contribution in [0.1, 0.15) is 24.1 Å². The van der Waals surface area contributed by atoms with Gasteiger partial charge >= 0.3 is 0 Å². The number of nitrogens with one attached hydrogen (secondary N) is 2. The zero-order chi connectivity index (χ0) is 17.9. The molecule has 4 rings (SSSR count). The number of hydrogen-bond donors (Lipinski definition) is 2. The minimum Gasteiger partial charge on any atom is -0.357 e. The summed E-state index contributed by atoms with van der Waals surface area (Å²) in [5, 5.41) is 4.25. The molecule has 0 radical (unpaired) electrons. The summed E-state index contributed by atoms with van der Waals surface area (Å²) in [5.41, 5.74) is 4.17. The topological polar surface area (TPSA) is 61.0 Å². The van der Waals surface area contributed by atoms with E-state index in [0.29, 0.717) is 0 Å². The number of carbonyl (C=O) groups is 1. The van der Waals surface area contributed by atoms with Gasteiger partial charge < -0.3 is 10.3 Å². The zero-order valence-corrected chi connectivity index (χ0v) is 15.0. The molecule has 1 amide bonds. The molecular formula is C21H24N4O. The highest BCUT2D eigenvalue weighted by Gasteiger charge is 2.26. The Hall–Kier alpha value is -2.66. The maximum Gasteiger partial charge on any atom is 0.228 e. The van der Waals surface area contributed by atoms with Gasteiger partial charge in [0.2, 0.25) is 5.91 Å². The van der Waals surface area contributed by atoms with Crippen molar-refractivity contribution in [2.45, 2.75) is 26.3 Å². The van der Waals surface area contributed by atoms with Crippen LogP contribution in [-0.4, -0.2) is 33.9 Å². The smallest absolute Gasteiger partial charge is 0.228 e. The fourth-order valence-electron chi connectivity index (χ4n) is 3.83. The Kier molecular flexibility index (Phi) is 4.71. The number of fused-ring (bicyclic) bond motifs is 1. The number of rotatable bonds is 4. The van der Waals surface area contributed by atoms with E-state index in [1.54, 1.807) is 6.20 Å².